The third-order valence-electron chi connectivity index (χ3n) is 3.30. The van der Waals surface area contributed by atoms with Crippen LogP contribution < -0.4 is 5.32 Å². The first-order valence-electron chi connectivity index (χ1n) is 7.02. The number of hydrogen-bond acceptors (Lipinski definition) is 5. The van der Waals surface area contributed by atoms with Gasteiger partial charge in [0.2, 0.25) is 5.13 Å². The van der Waals surface area contributed by atoms with Crippen molar-refractivity contribution < 1.29 is 4.74 Å². The van der Waals surface area contributed by atoms with Crippen molar-refractivity contribution in [2.24, 2.45) is 5.92 Å². The predicted molar refractivity (Wildman–Crippen MR) is 74.9 cm³/mol. The minimum Gasteiger partial charge on any atom is -0.374 e. The normalized spacial score (nSPS) is 16.9. The molecule has 0 bridgehead atoms. The molecule has 0 aromatic carbocycles. The molecule has 1 aromatic heterocycles. The second kappa shape index (κ2) is 7.69. The molecule has 5 heteroatoms. The van der Waals surface area contributed by atoms with Gasteiger partial charge in [0.25, 0.3) is 0 Å². The second-order valence-corrected chi connectivity index (χ2v) is 6.01. The Morgan fingerprint density at radius 1 is 1.28 bits per heavy atom. The highest BCUT2D eigenvalue weighted by atomic mass is 32.1. The first kappa shape index (κ1) is 13.7. The maximum absolute atomic E-state index is 5.76. The molecule has 0 atom stereocenters. The number of nitrogens with zero attached hydrogens (tertiary/aromatic N) is 2. The molecule has 1 aliphatic rings. The average Bonchev–Trinajstić information content (AvgIpc) is 2.85. The van der Waals surface area contributed by atoms with Crippen LogP contribution in [0.2, 0.25) is 0 Å². The fourth-order valence-corrected chi connectivity index (χ4v) is 2.98. The summed E-state index contributed by atoms with van der Waals surface area (Å²) >= 11 is 1.60. The van der Waals surface area contributed by atoms with Crippen LogP contribution in [0.4, 0.5) is 5.13 Å². The minimum absolute atomic E-state index is 0.613. The molecule has 1 aliphatic carbocycles. The van der Waals surface area contributed by atoms with Crippen LogP contribution in [0.15, 0.2) is 0 Å². The van der Waals surface area contributed by atoms with Gasteiger partial charge in [-0.15, -0.1) is 10.2 Å². The van der Waals surface area contributed by atoms with Crippen molar-refractivity contribution in [3.8, 4) is 0 Å². The van der Waals surface area contributed by atoms with E-state index in [1.54, 1.807) is 11.3 Å². The van der Waals surface area contributed by atoms with Gasteiger partial charge in [-0.25, -0.2) is 0 Å². The van der Waals surface area contributed by atoms with E-state index in [-0.39, 0.29) is 0 Å². The lowest BCUT2D eigenvalue weighted by atomic mass is 9.90. The summed E-state index contributed by atoms with van der Waals surface area (Å²) in [4.78, 5) is 0. The lowest BCUT2D eigenvalue weighted by Gasteiger charge is -2.20. The van der Waals surface area contributed by atoms with E-state index in [1.165, 1.54) is 32.1 Å². The molecule has 0 amide bonds. The number of ether oxygens (including phenoxy) is 1. The Kier molecular flexibility index (Phi) is 5.87. The lowest BCUT2D eigenvalue weighted by Crippen LogP contribution is -2.13. The third-order valence-corrected chi connectivity index (χ3v) is 4.15. The molecule has 0 spiro atoms. The molecule has 0 aliphatic heterocycles. The number of anilines is 1. The third kappa shape index (κ3) is 4.53. The molecule has 4 nitrogen and oxygen atoms in total. The summed E-state index contributed by atoms with van der Waals surface area (Å²) in [5.41, 5.74) is 0. The molecule has 1 N–H and O–H groups in total. The molecule has 0 unspecified atom stereocenters. The Morgan fingerprint density at radius 3 is 2.89 bits per heavy atom. The minimum atomic E-state index is 0.613. The van der Waals surface area contributed by atoms with E-state index >= 15 is 0 Å². The monoisotopic (exact) mass is 269 g/mol. The number of nitrogens with one attached hydrogen (secondary N) is 1. The van der Waals surface area contributed by atoms with Crippen LogP contribution in [0.25, 0.3) is 0 Å². The van der Waals surface area contributed by atoms with Gasteiger partial charge in [0.05, 0.1) is 0 Å². The Labute approximate surface area is 113 Å². The van der Waals surface area contributed by atoms with E-state index in [0.29, 0.717) is 6.61 Å². The zero-order chi connectivity index (χ0) is 12.6. The van der Waals surface area contributed by atoms with E-state index in [4.69, 9.17) is 4.74 Å². The zero-order valence-electron chi connectivity index (χ0n) is 11.2. The van der Waals surface area contributed by atoms with Crippen LogP contribution in [-0.2, 0) is 11.3 Å². The van der Waals surface area contributed by atoms with Crippen LogP contribution in [0.5, 0.6) is 0 Å². The van der Waals surface area contributed by atoms with Crippen molar-refractivity contribution >= 4 is 16.5 Å². The van der Waals surface area contributed by atoms with Crippen molar-refractivity contribution in [1.29, 1.82) is 0 Å². The summed E-state index contributed by atoms with van der Waals surface area (Å²) in [6, 6.07) is 0. The Balaban J connectivity index is 1.64. The summed E-state index contributed by atoms with van der Waals surface area (Å²) in [7, 11) is 0. The zero-order valence-corrected chi connectivity index (χ0v) is 12.0. The summed E-state index contributed by atoms with van der Waals surface area (Å²) in [6.45, 7) is 4.60. The molecule has 1 fully saturated rings. The highest BCUT2D eigenvalue weighted by Crippen LogP contribution is 2.24. The van der Waals surface area contributed by atoms with E-state index in [9.17, 15) is 0 Å². The predicted octanol–water partition coefficient (Wildman–Crippen LogP) is 3.46. The van der Waals surface area contributed by atoms with E-state index < -0.39 is 0 Å². The molecule has 1 saturated carbocycles. The van der Waals surface area contributed by atoms with Gasteiger partial charge < -0.3 is 10.1 Å². The van der Waals surface area contributed by atoms with E-state index in [1.807, 2.05) is 0 Å². The highest BCUT2D eigenvalue weighted by Gasteiger charge is 2.13. The Hall–Kier alpha value is -0.680. The van der Waals surface area contributed by atoms with Crippen molar-refractivity contribution in [1.82, 2.24) is 10.2 Å². The highest BCUT2D eigenvalue weighted by molar-refractivity contribution is 7.15. The van der Waals surface area contributed by atoms with Crippen LogP contribution in [0.1, 0.15) is 50.5 Å². The SMILES string of the molecule is CCCNc1nnc(COCC2CCCCC2)s1. The van der Waals surface area contributed by atoms with Gasteiger partial charge >= 0.3 is 0 Å². The standard InChI is InChI=1S/C13H23N3OS/c1-2-8-14-13-16-15-12(18-13)10-17-9-11-6-4-3-5-7-11/h11H,2-10H2,1H3,(H,14,16). The Morgan fingerprint density at radius 2 is 2.11 bits per heavy atom. The van der Waals surface area contributed by atoms with Crippen LogP contribution >= 0.6 is 11.3 Å². The van der Waals surface area contributed by atoms with Crippen molar-refractivity contribution in [2.75, 3.05) is 18.5 Å². The van der Waals surface area contributed by atoms with E-state index in [2.05, 4.69) is 22.4 Å². The molecule has 1 aromatic rings. The lowest BCUT2D eigenvalue weighted by molar-refractivity contribution is 0.0735. The second-order valence-electron chi connectivity index (χ2n) is 4.95. The van der Waals surface area contributed by atoms with Gasteiger partial charge in [0, 0.05) is 13.2 Å². The summed E-state index contributed by atoms with van der Waals surface area (Å²) < 4.78 is 5.76. The van der Waals surface area contributed by atoms with Crippen LogP contribution in [0.3, 0.4) is 0 Å². The molecular formula is C13H23N3OS. The smallest absolute Gasteiger partial charge is 0.205 e. The maximum Gasteiger partial charge on any atom is 0.205 e. The largest absolute Gasteiger partial charge is 0.374 e. The van der Waals surface area contributed by atoms with Gasteiger partial charge in [-0.2, -0.15) is 0 Å². The molecule has 1 heterocycles. The van der Waals surface area contributed by atoms with Gasteiger partial charge in [0.1, 0.15) is 11.6 Å². The van der Waals surface area contributed by atoms with Crippen molar-refractivity contribution in [3.05, 3.63) is 5.01 Å². The maximum atomic E-state index is 5.76. The quantitative estimate of drug-likeness (QED) is 0.823. The molecule has 0 radical (unpaired) electrons. The number of hydrogen-bond donors (Lipinski definition) is 1. The molecule has 2 rings (SSSR count). The topological polar surface area (TPSA) is 47.0 Å². The molecule has 18 heavy (non-hydrogen) atoms. The van der Waals surface area contributed by atoms with Gasteiger partial charge in [0.15, 0.2) is 0 Å². The number of rotatable bonds is 7. The first-order valence-corrected chi connectivity index (χ1v) is 7.84. The van der Waals surface area contributed by atoms with Crippen LogP contribution in [-0.4, -0.2) is 23.3 Å². The Bertz CT molecular complexity index is 337. The summed E-state index contributed by atoms with van der Waals surface area (Å²) in [5, 5.41) is 13.4. The van der Waals surface area contributed by atoms with Gasteiger partial charge in [-0.3, -0.25) is 0 Å². The number of aromatic nitrogens is 2. The average molecular weight is 269 g/mol. The van der Waals surface area contributed by atoms with Gasteiger partial charge in [-0.05, 0) is 25.2 Å². The van der Waals surface area contributed by atoms with E-state index in [0.717, 1.165) is 35.6 Å². The molecule has 102 valence electrons. The van der Waals surface area contributed by atoms with Crippen molar-refractivity contribution in [3.63, 3.8) is 0 Å². The fourth-order valence-electron chi connectivity index (χ4n) is 2.28. The fraction of sp³-hybridized carbons (Fsp3) is 0.846. The molecular weight excluding hydrogens is 246 g/mol. The van der Waals surface area contributed by atoms with Crippen molar-refractivity contribution in [2.45, 2.75) is 52.1 Å². The summed E-state index contributed by atoms with van der Waals surface area (Å²) in [5.74, 6) is 0.768. The summed E-state index contributed by atoms with van der Waals surface area (Å²) in [6.07, 6.45) is 7.92. The first-order chi connectivity index (χ1) is 8.88. The van der Waals surface area contributed by atoms with Gasteiger partial charge in [-0.1, -0.05) is 37.5 Å². The molecule has 0 saturated heterocycles. The van der Waals surface area contributed by atoms with Crippen LogP contribution in [0, 0.1) is 5.92 Å².